The van der Waals surface area contributed by atoms with Gasteiger partial charge in [0.15, 0.2) is 24.0 Å². The zero-order valence-electron chi connectivity index (χ0n) is 6.97. The van der Waals surface area contributed by atoms with E-state index in [1.807, 2.05) is 0 Å². The number of amides is 1. The molecule has 14 heavy (non-hydrogen) atoms. The number of ether oxygens (including phenoxy) is 1. The molecule has 2 aliphatic rings. The van der Waals surface area contributed by atoms with Crippen molar-refractivity contribution in [2.45, 2.75) is 6.29 Å². The van der Waals surface area contributed by atoms with Crippen molar-refractivity contribution in [3.63, 3.8) is 0 Å². The maximum atomic E-state index is 10.8. The molecule has 0 aromatic carbocycles. The average molecular weight is 197 g/mol. The average Bonchev–Trinajstić information content (AvgIpc) is 2.16. The van der Waals surface area contributed by atoms with Crippen molar-refractivity contribution in [2.75, 3.05) is 6.61 Å². The molecule has 0 spiro atoms. The van der Waals surface area contributed by atoms with E-state index in [0.29, 0.717) is 5.76 Å². The summed E-state index contributed by atoms with van der Waals surface area (Å²) in [6.07, 6.45) is -0.455. The second kappa shape index (κ2) is 3.20. The van der Waals surface area contributed by atoms with E-state index in [1.54, 1.807) is 0 Å². The van der Waals surface area contributed by atoms with Crippen LogP contribution in [0, 0.1) is 0 Å². The van der Waals surface area contributed by atoms with E-state index in [1.165, 1.54) is 6.20 Å². The molecule has 7 heteroatoms. The number of fused-ring (bicyclic) bond motifs is 1. The van der Waals surface area contributed by atoms with Crippen LogP contribution in [0.15, 0.2) is 21.9 Å². The number of aliphatic imine (C=N–C) groups is 2. The van der Waals surface area contributed by atoms with E-state index in [9.17, 15) is 4.79 Å². The number of aliphatic hydroxyl groups excluding tert-OH is 1. The van der Waals surface area contributed by atoms with Gasteiger partial charge in [-0.2, -0.15) is 4.99 Å². The number of carbonyl (C=O) groups excluding carboxylic acids is 1. The van der Waals surface area contributed by atoms with Crippen molar-refractivity contribution in [1.29, 1.82) is 0 Å². The van der Waals surface area contributed by atoms with Gasteiger partial charge >= 0.3 is 0 Å². The van der Waals surface area contributed by atoms with Crippen LogP contribution in [-0.2, 0) is 9.53 Å². The Bertz CT molecular complexity index is 369. The fraction of sp³-hybridized carbons (Fsp3) is 0.286. The molecule has 0 bridgehead atoms. The van der Waals surface area contributed by atoms with Crippen LogP contribution < -0.4 is 5.32 Å². The summed E-state index contributed by atoms with van der Waals surface area (Å²) in [4.78, 5) is 18.1. The predicted molar refractivity (Wildman–Crippen MR) is 45.3 cm³/mol. The van der Waals surface area contributed by atoms with E-state index in [4.69, 9.17) is 14.9 Å². The molecule has 0 saturated carbocycles. The van der Waals surface area contributed by atoms with Crippen LogP contribution in [0.5, 0.6) is 0 Å². The van der Waals surface area contributed by atoms with Gasteiger partial charge in [0.05, 0.1) is 6.20 Å². The Morgan fingerprint density at radius 1 is 1.57 bits per heavy atom. The summed E-state index contributed by atoms with van der Waals surface area (Å²) >= 11 is 0. The smallest absolute Gasteiger partial charge is 0.285 e. The van der Waals surface area contributed by atoms with Crippen molar-refractivity contribution in [2.24, 2.45) is 9.98 Å². The fourth-order valence-corrected chi connectivity index (χ4v) is 1.02. The highest BCUT2D eigenvalue weighted by atomic mass is 16.5. The summed E-state index contributed by atoms with van der Waals surface area (Å²) in [5, 5.41) is 20.0. The van der Waals surface area contributed by atoms with Gasteiger partial charge in [-0.05, 0) is 0 Å². The van der Waals surface area contributed by atoms with Crippen molar-refractivity contribution in [3.8, 4) is 0 Å². The highest BCUT2D eigenvalue weighted by Crippen LogP contribution is 2.10. The fourth-order valence-electron chi connectivity index (χ4n) is 1.02. The molecule has 2 rings (SSSR count). The molecule has 0 atom stereocenters. The van der Waals surface area contributed by atoms with Gasteiger partial charge in [-0.3, -0.25) is 4.79 Å². The molecule has 0 saturated heterocycles. The largest absolute Gasteiger partial charge is 0.478 e. The molecule has 74 valence electrons. The van der Waals surface area contributed by atoms with Gasteiger partial charge in [0, 0.05) is 0 Å². The summed E-state index contributed by atoms with van der Waals surface area (Å²) in [7, 11) is 0. The van der Waals surface area contributed by atoms with Crippen LogP contribution in [-0.4, -0.2) is 40.7 Å². The van der Waals surface area contributed by atoms with Gasteiger partial charge in [-0.25, -0.2) is 4.99 Å². The Morgan fingerprint density at radius 3 is 3.07 bits per heavy atom. The number of amidine groups is 2. The van der Waals surface area contributed by atoms with E-state index in [0.717, 1.165) is 0 Å². The molecule has 0 aromatic heterocycles. The van der Waals surface area contributed by atoms with Crippen molar-refractivity contribution >= 4 is 17.6 Å². The maximum absolute atomic E-state index is 10.8. The number of hydrogen-bond donors (Lipinski definition) is 3. The first-order valence-electron chi connectivity index (χ1n) is 3.82. The molecule has 0 radical (unpaired) electrons. The lowest BCUT2D eigenvalue weighted by Gasteiger charge is -2.21. The lowest BCUT2D eigenvalue weighted by atomic mass is 10.3. The standard InChI is InChI=1S/C7H7N3O4/c11-4-2-14-3-1-8-6(7(12)13)10-5(3)9-4/h1,7,12-13H,2H2,(H,8,9,10,11). The highest BCUT2D eigenvalue weighted by Gasteiger charge is 2.24. The second-order valence-electron chi connectivity index (χ2n) is 2.65. The first-order chi connectivity index (χ1) is 6.66. The zero-order chi connectivity index (χ0) is 10.1. The summed E-state index contributed by atoms with van der Waals surface area (Å²) in [6, 6.07) is 0. The second-order valence-corrected chi connectivity index (χ2v) is 2.65. The topological polar surface area (TPSA) is 104 Å². The monoisotopic (exact) mass is 197 g/mol. The van der Waals surface area contributed by atoms with E-state index >= 15 is 0 Å². The van der Waals surface area contributed by atoms with Crippen LogP contribution >= 0.6 is 0 Å². The van der Waals surface area contributed by atoms with E-state index in [-0.39, 0.29) is 18.3 Å². The molecule has 1 amide bonds. The first kappa shape index (κ1) is 8.85. The number of nitrogens with zero attached hydrogens (tertiary/aromatic N) is 2. The lowest BCUT2D eigenvalue weighted by molar-refractivity contribution is -0.121. The van der Waals surface area contributed by atoms with Crippen molar-refractivity contribution < 1.29 is 19.7 Å². The minimum atomic E-state index is -1.73. The first-order valence-corrected chi connectivity index (χ1v) is 3.82. The third-order valence-electron chi connectivity index (χ3n) is 1.63. The van der Waals surface area contributed by atoms with Gasteiger partial charge in [0.2, 0.25) is 6.29 Å². The summed E-state index contributed by atoms with van der Waals surface area (Å²) in [5.41, 5.74) is 0. The minimum absolute atomic E-state index is 0.0919. The molecule has 0 aromatic rings. The number of hydrogen-bond acceptors (Lipinski definition) is 6. The van der Waals surface area contributed by atoms with Gasteiger partial charge in [0.25, 0.3) is 5.91 Å². The summed E-state index contributed by atoms with van der Waals surface area (Å²) in [6.45, 7) is -0.121. The van der Waals surface area contributed by atoms with Crippen LogP contribution in [0.25, 0.3) is 0 Å². The lowest BCUT2D eigenvalue weighted by Crippen LogP contribution is -2.43. The highest BCUT2D eigenvalue weighted by molar-refractivity contribution is 6.15. The number of carbonyl (C=O) groups is 1. The summed E-state index contributed by atoms with van der Waals surface area (Å²) in [5.74, 6) is -0.0579. The van der Waals surface area contributed by atoms with Crippen LogP contribution in [0.2, 0.25) is 0 Å². The molecule has 0 unspecified atom stereocenters. The quantitative estimate of drug-likeness (QED) is 0.426. The van der Waals surface area contributed by atoms with Crippen molar-refractivity contribution in [1.82, 2.24) is 5.32 Å². The SMILES string of the molecule is O=C1COC2=CN=C(C(O)O)NC2=N1. The minimum Gasteiger partial charge on any atom is -0.478 e. The number of nitrogens with one attached hydrogen (secondary N) is 1. The molecular weight excluding hydrogens is 190 g/mol. The Hall–Kier alpha value is -1.73. The normalized spacial score (nSPS) is 20.2. The molecular formula is C7H7N3O4. The molecule has 2 aliphatic heterocycles. The zero-order valence-corrected chi connectivity index (χ0v) is 6.97. The van der Waals surface area contributed by atoms with E-state index in [2.05, 4.69) is 15.3 Å². The third-order valence-corrected chi connectivity index (χ3v) is 1.63. The van der Waals surface area contributed by atoms with Crippen LogP contribution in [0.3, 0.4) is 0 Å². The van der Waals surface area contributed by atoms with Gasteiger partial charge in [-0.1, -0.05) is 0 Å². The Kier molecular flexibility index (Phi) is 2.02. The molecule has 2 heterocycles. The van der Waals surface area contributed by atoms with E-state index < -0.39 is 12.2 Å². The van der Waals surface area contributed by atoms with Gasteiger partial charge in [-0.15, -0.1) is 0 Å². The third kappa shape index (κ3) is 1.50. The molecule has 0 aliphatic carbocycles. The van der Waals surface area contributed by atoms with Crippen molar-refractivity contribution in [3.05, 3.63) is 12.0 Å². The molecule has 0 fully saturated rings. The maximum Gasteiger partial charge on any atom is 0.285 e. The molecule has 7 nitrogen and oxygen atoms in total. The Morgan fingerprint density at radius 2 is 2.36 bits per heavy atom. The number of rotatable bonds is 1. The molecule has 3 N–H and O–H groups in total. The Balaban J connectivity index is 2.29. The summed E-state index contributed by atoms with van der Waals surface area (Å²) < 4.78 is 4.97. The predicted octanol–water partition coefficient (Wildman–Crippen LogP) is -1.90. The van der Waals surface area contributed by atoms with Gasteiger partial charge < -0.3 is 20.3 Å². The van der Waals surface area contributed by atoms with Crippen LogP contribution in [0.4, 0.5) is 0 Å². The Labute approximate surface area is 78.4 Å². The van der Waals surface area contributed by atoms with Crippen LogP contribution in [0.1, 0.15) is 0 Å². The number of aliphatic hydroxyl groups is 2. The van der Waals surface area contributed by atoms with Gasteiger partial charge in [0.1, 0.15) is 0 Å².